The van der Waals surface area contributed by atoms with E-state index in [1.54, 1.807) is 0 Å². The van der Waals surface area contributed by atoms with Gasteiger partial charge in [-0.25, -0.2) is 0 Å². The fourth-order valence-electron chi connectivity index (χ4n) is 5.92. The number of carbonyl (C=O) groups excluding carboxylic acids is 1. The summed E-state index contributed by atoms with van der Waals surface area (Å²) in [5.41, 5.74) is 3.15. The van der Waals surface area contributed by atoms with E-state index in [0.717, 1.165) is 78.8 Å². The van der Waals surface area contributed by atoms with Crippen molar-refractivity contribution < 1.29 is 9.90 Å². The van der Waals surface area contributed by atoms with Gasteiger partial charge in [-0.15, -0.1) is 0 Å². The lowest BCUT2D eigenvalue weighted by Crippen LogP contribution is -2.52. The normalized spacial score (nSPS) is 22.0. The van der Waals surface area contributed by atoms with Crippen molar-refractivity contribution in [2.45, 2.75) is 38.6 Å². The Morgan fingerprint density at radius 1 is 0.943 bits per heavy atom. The Morgan fingerprint density at radius 3 is 2.46 bits per heavy atom. The van der Waals surface area contributed by atoms with Crippen LogP contribution in [-0.4, -0.2) is 59.6 Å². The Morgan fingerprint density at radius 2 is 1.71 bits per heavy atom. The number of amides is 1. The van der Waals surface area contributed by atoms with E-state index >= 15 is 0 Å². The maximum atomic E-state index is 13.2. The van der Waals surface area contributed by atoms with Crippen molar-refractivity contribution in [2.75, 3.05) is 32.8 Å². The van der Waals surface area contributed by atoms with Gasteiger partial charge in [-0.1, -0.05) is 54.1 Å². The van der Waals surface area contributed by atoms with Crippen molar-refractivity contribution >= 4 is 28.3 Å². The first-order chi connectivity index (χ1) is 17.0. The van der Waals surface area contributed by atoms with Gasteiger partial charge in [0.25, 0.3) is 5.91 Å². The summed E-state index contributed by atoms with van der Waals surface area (Å²) < 4.78 is 0. The summed E-state index contributed by atoms with van der Waals surface area (Å²) in [5, 5.41) is 13.3. The molecule has 3 aromatic rings. The predicted molar refractivity (Wildman–Crippen MR) is 143 cm³/mol. The van der Waals surface area contributed by atoms with Crippen LogP contribution in [0.1, 0.15) is 40.7 Å². The van der Waals surface area contributed by atoms with Gasteiger partial charge < -0.3 is 10.0 Å². The average Bonchev–Trinajstić information content (AvgIpc) is 2.90. The number of hydrogen-bond donors (Lipinski definition) is 1. The van der Waals surface area contributed by atoms with E-state index in [2.05, 4.69) is 35.2 Å². The number of piperidine rings is 2. The van der Waals surface area contributed by atoms with Gasteiger partial charge in [0.05, 0.1) is 0 Å². The van der Waals surface area contributed by atoms with Gasteiger partial charge in [0.2, 0.25) is 0 Å². The van der Waals surface area contributed by atoms with Gasteiger partial charge in [0, 0.05) is 42.9 Å². The molecule has 0 aromatic heterocycles. The molecule has 0 saturated carbocycles. The van der Waals surface area contributed by atoms with Gasteiger partial charge in [-0.2, -0.15) is 0 Å². The molecule has 0 radical (unpaired) electrons. The molecule has 184 valence electrons. The minimum absolute atomic E-state index is 0.137. The highest BCUT2D eigenvalue weighted by Crippen LogP contribution is 2.31. The minimum atomic E-state index is 0.137. The number of hydrogen-bond acceptors (Lipinski definition) is 3. The number of benzene rings is 3. The summed E-state index contributed by atoms with van der Waals surface area (Å²) in [5.74, 6) is 0.892. The zero-order valence-electron chi connectivity index (χ0n) is 20.5. The molecular weight excluding hydrogens is 456 g/mol. The van der Waals surface area contributed by atoms with Crippen LogP contribution in [0.15, 0.2) is 60.7 Å². The molecule has 5 heteroatoms. The number of aryl methyl sites for hydroxylation is 1. The van der Waals surface area contributed by atoms with Crippen LogP contribution < -0.4 is 0 Å². The van der Waals surface area contributed by atoms with Crippen molar-refractivity contribution in [2.24, 2.45) is 11.8 Å². The highest BCUT2D eigenvalue weighted by atomic mass is 35.5. The third-order valence-corrected chi connectivity index (χ3v) is 8.56. The van der Waals surface area contributed by atoms with Crippen LogP contribution in [0.25, 0.3) is 10.8 Å². The van der Waals surface area contributed by atoms with Gasteiger partial charge in [0.15, 0.2) is 0 Å². The third kappa shape index (κ3) is 5.40. The van der Waals surface area contributed by atoms with E-state index in [9.17, 15) is 9.90 Å². The topological polar surface area (TPSA) is 43.8 Å². The largest absolute Gasteiger partial charge is 0.396 e. The van der Waals surface area contributed by atoms with E-state index in [4.69, 9.17) is 11.6 Å². The predicted octanol–water partition coefficient (Wildman–Crippen LogP) is 5.58. The van der Waals surface area contributed by atoms with E-state index in [1.165, 1.54) is 5.56 Å². The quantitative estimate of drug-likeness (QED) is 0.507. The maximum absolute atomic E-state index is 13.2. The fraction of sp³-hybridized carbons (Fsp3) is 0.433. The molecule has 3 aromatic carbocycles. The second-order valence-corrected chi connectivity index (χ2v) is 10.8. The second kappa shape index (κ2) is 10.7. The average molecular weight is 491 g/mol. The molecule has 1 N–H and O–H groups in total. The molecule has 35 heavy (non-hydrogen) atoms. The fourth-order valence-corrected chi connectivity index (χ4v) is 6.12. The summed E-state index contributed by atoms with van der Waals surface area (Å²) in [4.78, 5) is 17.7. The van der Waals surface area contributed by atoms with E-state index in [-0.39, 0.29) is 18.4 Å². The van der Waals surface area contributed by atoms with Gasteiger partial charge in [-0.3, -0.25) is 9.69 Å². The Balaban J connectivity index is 1.16. The van der Waals surface area contributed by atoms with Crippen LogP contribution in [-0.2, 0) is 6.42 Å². The Kier molecular flexibility index (Phi) is 7.43. The molecule has 0 spiro atoms. The van der Waals surface area contributed by atoms with E-state index in [0.29, 0.717) is 12.0 Å². The molecule has 1 unspecified atom stereocenters. The van der Waals surface area contributed by atoms with Crippen molar-refractivity contribution in [1.29, 1.82) is 0 Å². The van der Waals surface area contributed by atoms with E-state index < -0.39 is 0 Å². The smallest absolute Gasteiger partial charge is 0.253 e. The number of rotatable bonds is 5. The minimum Gasteiger partial charge on any atom is -0.396 e. The second-order valence-electron chi connectivity index (χ2n) is 10.4. The lowest BCUT2D eigenvalue weighted by atomic mass is 9.80. The molecule has 2 aliphatic rings. The van der Waals surface area contributed by atoms with Crippen LogP contribution in [0.2, 0.25) is 5.02 Å². The Labute approximate surface area is 213 Å². The van der Waals surface area contributed by atoms with Gasteiger partial charge in [0.1, 0.15) is 0 Å². The molecule has 1 amide bonds. The van der Waals surface area contributed by atoms with Gasteiger partial charge in [-0.05, 0) is 91.1 Å². The molecule has 4 nitrogen and oxygen atoms in total. The monoisotopic (exact) mass is 490 g/mol. The number of likely N-dealkylation sites (tertiary alicyclic amines) is 2. The highest BCUT2D eigenvalue weighted by molar-refractivity contribution is 6.31. The molecular formula is C30H35ClN2O2. The summed E-state index contributed by atoms with van der Waals surface area (Å²) in [6.07, 6.45) is 4.05. The lowest BCUT2D eigenvalue weighted by molar-refractivity contribution is 0.0242. The number of aliphatic hydroxyl groups is 1. The summed E-state index contributed by atoms with van der Waals surface area (Å²) in [6.45, 7) is 5.83. The van der Waals surface area contributed by atoms with Crippen molar-refractivity contribution in [3.05, 3.63) is 82.4 Å². The SMILES string of the molecule is Cc1ccc(CC2CCN(C3CCN(C(=O)c4ccc5ccccc5c4)CC3)C[C@H]2CO)cc1Cl. The maximum Gasteiger partial charge on any atom is 0.253 e. The number of nitrogens with zero attached hydrogens (tertiary/aromatic N) is 2. The third-order valence-electron chi connectivity index (χ3n) is 8.16. The van der Waals surface area contributed by atoms with Crippen LogP contribution in [0, 0.1) is 18.8 Å². The summed E-state index contributed by atoms with van der Waals surface area (Å²) in [6, 6.07) is 21.0. The van der Waals surface area contributed by atoms with Gasteiger partial charge >= 0.3 is 0 Å². The summed E-state index contributed by atoms with van der Waals surface area (Å²) >= 11 is 6.34. The first-order valence-electron chi connectivity index (χ1n) is 12.9. The molecule has 2 heterocycles. The number of aliphatic hydroxyl groups excluding tert-OH is 1. The molecule has 5 rings (SSSR count). The Bertz CT molecular complexity index is 1190. The molecule has 2 saturated heterocycles. The molecule has 0 bridgehead atoms. The zero-order valence-corrected chi connectivity index (χ0v) is 21.3. The molecule has 2 fully saturated rings. The summed E-state index contributed by atoms with van der Waals surface area (Å²) in [7, 11) is 0. The number of halogens is 1. The first-order valence-corrected chi connectivity index (χ1v) is 13.3. The van der Waals surface area contributed by atoms with Crippen molar-refractivity contribution in [3.8, 4) is 0 Å². The molecule has 2 aliphatic heterocycles. The number of carbonyl (C=O) groups is 1. The van der Waals surface area contributed by atoms with Crippen molar-refractivity contribution in [1.82, 2.24) is 9.80 Å². The highest BCUT2D eigenvalue weighted by Gasteiger charge is 2.34. The number of fused-ring (bicyclic) bond motifs is 1. The van der Waals surface area contributed by atoms with E-state index in [1.807, 2.05) is 42.2 Å². The first kappa shape index (κ1) is 24.3. The van der Waals surface area contributed by atoms with Crippen LogP contribution >= 0.6 is 11.6 Å². The lowest BCUT2D eigenvalue weighted by Gasteiger charge is -2.44. The zero-order chi connectivity index (χ0) is 24.4. The van der Waals surface area contributed by atoms with Crippen LogP contribution in [0.3, 0.4) is 0 Å². The van der Waals surface area contributed by atoms with Crippen molar-refractivity contribution in [3.63, 3.8) is 0 Å². The Hall–Kier alpha value is -2.40. The molecule has 0 aliphatic carbocycles. The van der Waals surface area contributed by atoms with Crippen LogP contribution in [0.5, 0.6) is 0 Å². The van der Waals surface area contributed by atoms with Crippen LogP contribution in [0.4, 0.5) is 0 Å². The standard InChI is InChI=1S/C30H35ClN2O2/c1-21-6-7-22(17-29(21)31)16-25-10-13-33(19-27(25)20-34)28-11-14-32(15-12-28)30(35)26-9-8-23-4-2-3-5-24(23)18-26/h2-9,17-18,25,27-28,34H,10-16,19-20H2,1H3/t25?,27-/m0/s1. The molecule has 2 atom stereocenters.